The lowest BCUT2D eigenvalue weighted by Crippen LogP contribution is -2.29. The van der Waals surface area contributed by atoms with Crippen LogP contribution in [0.3, 0.4) is 0 Å². The van der Waals surface area contributed by atoms with Crippen molar-refractivity contribution in [1.82, 2.24) is 15.3 Å². The lowest BCUT2D eigenvalue weighted by molar-refractivity contribution is 0.0955. The number of ether oxygens (including phenoxy) is 1. The Morgan fingerprint density at radius 1 is 1.26 bits per heavy atom. The molecule has 0 saturated heterocycles. The van der Waals surface area contributed by atoms with E-state index in [0.29, 0.717) is 30.4 Å². The number of carbonyl (C=O) groups is 1. The number of anilines is 1. The average Bonchev–Trinajstić information content (AvgIpc) is 2.52. The smallest absolute Gasteiger partial charge is 0.257 e. The van der Waals surface area contributed by atoms with Crippen LogP contribution in [-0.4, -0.2) is 35.1 Å². The minimum absolute atomic E-state index is 0.0171. The fourth-order valence-corrected chi connectivity index (χ4v) is 2.24. The first-order valence-corrected chi connectivity index (χ1v) is 8.11. The van der Waals surface area contributed by atoms with Crippen LogP contribution in [0.5, 0.6) is 5.88 Å². The fourth-order valence-electron chi connectivity index (χ4n) is 1.84. The van der Waals surface area contributed by atoms with Crippen molar-refractivity contribution >= 4 is 27.7 Å². The Hall–Kier alpha value is -2.15. The second kappa shape index (κ2) is 8.47. The van der Waals surface area contributed by atoms with Gasteiger partial charge in [-0.15, -0.1) is 0 Å². The topological polar surface area (TPSA) is 76.1 Å². The Kier molecular flexibility index (Phi) is 6.34. The van der Waals surface area contributed by atoms with Crippen LogP contribution in [0.25, 0.3) is 0 Å². The Morgan fingerprint density at radius 2 is 2.04 bits per heavy atom. The Morgan fingerprint density at radius 3 is 2.78 bits per heavy atom. The van der Waals surface area contributed by atoms with Crippen molar-refractivity contribution in [2.45, 2.75) is 20.0 Å². The van der Waals surface area contributed by atoms with E-state index in [1.807, 2.05) is 26.0 Å². The van der Waals surface area contributed by atoms with Crippen molar-refractivity contribution in [3.8, 4) is 5.88 Å². The normalized spacial score (nSPS) is 10.4. The number of rotatable bonds is 7. The summed E-state index contributed by atoms with van der Waals surface area (Å²) in [5.74, 6) is 0.907. The standard InChI is InChI=1S/C16H19BrN4O2/c1-11(2)23-16-14(19-7-9-21-16)18-6-8-20-15(22)12-4-3-5-13(17)10-12/h3-5,7,9-11H,6,8H2,1-2H3,(H,18,19)(H,20,22). The summed E-state index contributed by atoms with van der Waals surface area (Å²) in [5.41, 5.74) is 0.614. The van der Waals surface area contributed by atoms with Gasteiger partial charge >= 0.3 is 0 Å². The van der Waals surface area contributed by atoms with Crippen LogP contribution in [0.1, 0.15) is 24.2 Å². The first kappa shape index (κ1) is 17.2. The van der Waals surface area contributed by atoms with Gasteiger partial charge in [-0.3, -0.25) is 4.79 Å². The van der Waals surface area contributed by atoms with E-state index in [4.69, 9.17) is 4.74 Å². The molecule has 1 heterocycles. The highest BCUT2D eigenvalue weighted by molar-refractivity contribution is 9.10. The quantitative estimate of drug-likeness (QED) is 0.724. The molecule has 0 saturated carbocycles. The third-order valence-electron chi connectivity index (χ3n) is 2.80. The molecule has 1 amide bonds. The van der Waals surface area contributed by atoms with E-state index < -0.39 is 0 Å². The molecular formula is C16H19BrN4O2. The first-order valence-electron chi connectivity index (χ1n) is 7.31. The summed E-state index contributed by atoms with van der Waals surface area (Å²) in [6.45, 7) is 4.84. The number of benzene rings is 1. The highest BCUT2D eigenvalue weighted by Crippen LogP contribution is 2.18. The molecule has 1 aromatic heterocycles. The van der Waals surface area contributed by atoms with Crippen LogP contribution in [0.2, 0.25) is 0 Å². The third-order valence-corrected chi connectivity index (χ3v) is 3.30. The largest absolute Gasteiger partial charge is 0.472 e. The molecule has 0 spiro atoms. The van der Waals surface area contributed by atoms with Crippen LogP contribution >= 0.6 is 15.9 Å². The van der Waals surface area contributed by atoms with Crippen LogP contribution in [0.15, 0.2) is 41.1 Å². The molecule has 1 aromatic carbocycles. The molecule has 0 fully saturated rings. The number of nitrogens with one attached hydrogen (secondary N) is 2. The number of aromatic nitrogens is 2. The van der Waals surface area contributed by atoms with Crippen molar-refractivity contribution < 1.29 is 9.53 Å². The first-order chi connectivity index (χ1) is 11.1. The van der Waals surface area contributed by atoms with Gasteiger partial charge in [-0.2, -0.15) is 0 Å². The third kappa shape index (κ3) is 5.52. The van der Waals surface area contributed by atoms with E-state index >= 15 is 0 Å². The Bertz CT molecular complexity index is 664. The Balaban J connectivity index is 1.83. The van der Waals surface area contributed by atoms with E-state index in [-0.39, 0.29) is 12.0 Å². The summed E-state index contributed by atoms with van der Waals surface area (Å²) in [6.07, 6.45) is 3.19. The van der Waals surface area contributed by atoms with Crippen molar-refractivity contribution in [2.24, 2.45) is 0 Å². The van der Waals surface area contributed by atoms with Gasteiger partial charge in [-0.1, -0.05) is 22.0 Å². The molecule has 122 valence electrons. The van der Waals surface area contributed by atoms with Crippen molar-refractivity contribution in [2.75, 3.05) is 18.4 Å². The van der Waals surface area contributed by atoms with Gasteiger partial charge in [0, 0.05) is 35.5 Å². The van der Waals surface area contributed by atoms with Gasteiger partial charge in [-0.05, 0) is 32.0 Å². The molecule has 0 unspecified atom stereocenters. The van der Waals surface area contributed by atoms with Gasteiger partial charge in [0.05, 0.1) is 6.10 Å². The number of nitrogens with zero attached hydrogens (tertiary/aromatic N) is 2. The number of carbonyl (C=O) groups excluding carboxylic acids is 1. The molecule has 0 aliphatic rings. The number of hydrogen-bond donors (Lipinski definition) is 2. The number of hydrogen-bond acceptors (Lipinski definition) is 5. The zero-order valence-corrected chi connectivity index (χ0v) is 14.6. The van der Waals surface area contributed by atoms with Crippen LogP contribution in [0, 0.1) is 0 Å². The summed E-state index contributed by atoms with van der Waals surface area (Å²) < 4.78 is 6.45. The highest BCUT2D eigenvalue weighted by Gasteiger charge is 2.08. The lowest BCUT2D eigenvalue weighted by Gasteiger charge is -2.13. The van der Waals surface area contributed by atoms with Crippen molar-refractivity contribution in [3.05, 3.63) is 46.7 Å². The maximum absolute atomic E-state index is 12.0. The molecule has 0 radical (unpaired) electrons. The van der Waals surface area contributed by atoms with Crippen LogP contribution in [-0.2, 0) is 0 Å². The maximum Gasteiger partial charge on any atom is 0.257 e. The van der Waals surface area contributed by atoms with E-state index in [1.54, 1.807) is 24.5 Å². The minimum Gasteiger partial charge on any atom is -0.472 e. The summed E-state index contributed by atoms with van der Waals surface area (Å²) in [4.78, 5) is 20.4. The molecule has 2 aromatic rings. The summed E-state index contributed by atoms with van der Waals surface area (Å²) >= 11 is 3.35. The van der Waals surface area contributed by atoms with Gasteiger partial charge in [0.1, 0.15) is 0 Å². The summed E-state index contributed by atoms with van der Waals surface area (Å²) in [5, 5.41) is 5.96. The van der Waals surface area contributed by atoms with E-state index in [9.17, 15) is 4.79 Å². The molecule has 2 rings (SSSR count). The van der Waals surface area contributed by atoms with Crippen LogP contribution < -0.4 is 15.4 Å². The van der Waals surface area contributed by atoms with Gasteiger partial charge in [0.15, 0.2) is 5.82 Å². The molecule has 0 bridgehead atoms. The monoisotopic (exact) mass is 378 g/mol. The molecule has 0 aliphatic heterocycles. The molecule has 7 heteroatoms. The van der Waals surface area contributed by atoms with Gasteiger partial charge < -0.3 is 15.4 Å². The Labute approximate surface area is 143 Å². The highest BCUT2D eigenvalue weighted by atomic mass is 79.9. The van der Waals surface area contributed by atoms with Crippen LogP contribution in [0.4, 0.5) is 5.82 Å². The van der Waals surface area contributed by atoms with Crippen molar-refractivity contribution in [3.63, 3.8) is 0 Å². The van der Waals surface area contributed by atoms with E-state index in [2.05, 4.69) is 36.5 Å². The molecule has 23 heavy (non-hydrogen) atoms. The van der Waals surface area contributed by atoms with Gasteiger partial charge in [-0.25, -0.2) is 9.97 Å². The number of halogens is 1. The van der Waals surface area contributed by atoms with E-state index in [0.717, 1.165) is 4.47 Å². The summed E-state index contributed by atoms with van der Waals surface area (Å²) in [7, 11) is 0. The predicted molar refractivity (Wildman–Crippen MR) is 92.8 cm³/mol. The molecule has 6 nitrogen and oxygen atoms in total. The predicted octanol–water partition coefficient (Wildman–Crippen LogP) is 2.87. The van der Waals surface area contributed by atoms with Gasteiger partial charge in [0.25, 0.3) is 11.8 Å². The second-order valence-corrected chi connectivity index (χ2v) is 5.99. The fraction of sp³-hybridized carbons (Fsp3) is 0.312. The van der Waals surface area contributed by atoms with E-state index in [1.165, 1.54) is 0 Å². The maximum atomic E-state index is 12.0. The second-order valence-electron chi connectivity index (χ2n) is 5.07. The lowest BCUT2D eigenvalue weighted by atomic mass is 10.2. The molecular weight excluding hydrogens is 360 g/mol. The van der Waals surface area contributed by atoms with Crippen molar-refractivity contribution in [1.29, 1.82) is 0 Å². The van der Waals surface area contributed by atoms with Gasteiger partial charge in [0.2, 0.25) is 0 Å². The zero-order chi connectivity index (χ0) is 16.7. The summed E-state index contributed by atoms with van der Waals surface area (Å²) in [6, 6.07) is 7.25. The SMILES string of the molecule is CC(C)Oc1nccnc1NCCNC(=O)c1cccc(Br)c1. The zero-order valence-electron chi connectivity index (χ0n) is 13.0. The average molecular weight is 379 g/mol. The number of amides is 1. The molecule has 0 aliphatic carbocycles. The molecule has 2 N–H and O–H groups in total. The molecule has 0 atom stereocenters. The minimum atomic E-state index is -0.120.